The van der Waals surface area contributed by atoms with Crippen molar-refractivity contribution >= 4 is 5.91 Å². The van der Waals surface area contributed by atoms with Gasteiger partial charge in [-0.3, -0.25) is 4.79 Å². The van der Waals surface area contributed by atoms with Crippen LogP contribution in [0.3, 0.4) is 0 Å². The van der Waals surface area contributed by atoms with Crippen LogP contribution < -0.4 is 5.32 Å². The Morgan fingerprint density at radius 3 is 2.73 bits per heavy atom. The number of nitrogens with zero attached hydrogens (tertiary/aromatic N) is 2. The van der Waals surface area contributed by atoms with Crippen molar-refractivity contribution in [2.45, 2.75) is 46.1 Å². The number of aryl methyl sites for hydroxylation is 1. The Morgan fingerprint density at radius 1 is 1.23 bits per heavy atom. The summed E-state index contributed by atoms with van der Waals surface area (Å²) < 4.78 is 2.25. The summed E-state index contributed by atoms with van der Waals surface area (Å²) in [5.74, 6) is 0.879. The van der Waals surface area contributed by atoms with Gasteiger partial charge in [0, 0.05) is 18.7 Å². The van der Waals surface area contributed by atoms with E-state index >= 15 is 0 Å². The molecule has 2 aromatic rings. The summed E-state index contributed by atoms with van der Waals surface area (Å²) >= 11 is 0. The first-order chi connectivity index (χ1) is 10.7. The number of aromatic nitrogens is 2. The number of amides is 1. The average Bonchev–Trinajstić information content (AvgIpc) is 2.71. The van der Waals surface area contributed by atoms with E-state index in [1.54, 1.807) is 0 Å². The molecule has 1 aromatic heterocycles. The third-order valence-electron chi connectivity index (χ3n) is 4.23. The summed E-state index contributed by atoms with van der Waals surface area (Å²) in [5.41, 5.74) is 4.03. The molecule has 4 nitrogen and oxygen atoms in total. The van der Waals surface area contributed by atoms with E-state index < -0.39 is 0 Å². The highest BCUT2D eigenvalue weighted by Gasteiger charge is 2.23. The lowest BCUT2D eigenvalue weighted by atomic mass is 10.1. The van der Waals surface area contributed by atoms with Crippen molar-refractivity contribution in [2.24, 2.45) is 0 Å². The van der Waals surface area contributed by atoms with Gasteiger partial charge in [-0.1, -0.05) is 36.2 Å². The molecule has 0 radical (unpaired) electrons. The van der Waals surface area contributed by atoms with Crippen molar-refractivity contribution < 1.29 is 4.79 Å². The second-order valence-corrected chi connectivity index (χ2v) is 5.92. The minimum absolute atomic E-state index is 0.0495. The van der Waals surface area contributed by atoms with Gasteiger partial charge in [-0.25, -0.2) is 4.98 Å². The molecule has 1 aromatic carbocycles. The van der Waals surface area contributed by atoms with E-state index in [4.69, 9.17) is 4.98 Å². The summed E-state index contributed by atoms with van der Waals surface area (Å²) in [4.78, 5) is 17.0. The maximum absolute atomic E-state index is 12.3. The summed E-state index contributed by atoms with van der Waals surface area (Å²) in [6, 6.07) is 8.38. The third kappa shape index (κ3) is 2.78. The molecule has 116 valence electrons. The predicted molar refractivity (Wildman–Crippen MR) is 88.0 cm³/mol. The fourth-order valence-corrected chi connectivity index (χ4v) is 3.07. The largest absolute Gasteiger partial charge is 0.351 e. The first-order valence-electron chi connectivity index (χ1n) is 8.15. The molecule has 0 spiro atoms. The molecule has 0 bridgehead atoms. The topological polar surface area (TPSA) is 46.9 Å². The van der Waals surface area contributed by atoms with Gasteiger partial charge in [0.1, 0.15) is 11.5 Å². The average molecular weight is 297 g/mol. The fraction of sp³-hybridized carbons (Fsp3) is 0.444. The van der Waals surface area contributed by atoms with Gasteiger partial charge in [-0.15, -0.1) is 0 Å². The second kappa shape index (κ2) is 6.34. The smallest absolute Gasteiger partial charge is 0.271 e. The van der Waals surface area contributed by atoms with Crippen LogP contribution in [0.15, 0.2) is 24.3 Å². The number of carbonyl (C=O) groups is 1. The molecule has 0 saturated carbocycles. The molecule has 0 unspecified atom stereocenters. The molecule has 3 rings (SSSR count). The Kier molecular flexibility index (Phi) is 4.27. The van der Waals surface area contributed by atoms with Gasteiger partial charge in [0.15, 0.2) is 0 Å². The minimum Gasteiger partial charge on any atom is -0.351 e. The van der Waals surface area contributed by atoms with Gasteiger partial charge >= 0.3 is 0 Å². The molecule has 1 N–H and O–H groups in total. The van der Waals surface area contributed by atoms with Crippen LogP contribution in [0.5, 0.6) is 0 Å². The van der Waals surface area contributed by atoms with Gasteiger partial charge in [0.2, 0.25) is 0 Å². The Bertz CT molecular complexity index is 670. The zero-order valence-electron chi connectivity index (χ0n) is 13.4. The molecule has 1 aliphatic heterocycles. The number of fused-ring (bicyclic) bond motifs is 1. The summed E-state index contributed by atoms with van der Waals surface area (Å²) in [6.07, 6.45) is 4.43. The first kappa shape index (κ1) is 14.8. The number of carbonyl (C=O) groups excluding carboxylic acids is 1. The van der Waals surface area contributed by atoms with E-state index in [-0.39, 0.29) is 5.91 Å². The summed E-state index contributed by atoms with van der Waals surface area (Å²) in [7, 11) is 0. The van der Waals surface area contributed by atoms with E-state index in [1.165, 1.54) is 12.0 Å². The van der Waals surface area contributed by atoms with Gasteiger partial charge in [0.05, 0.1) is 5.69 Å². The Balaban J connectivity index is 2.09. The molecule has 2 heterocycles. The van der Waals surface area contributed by atoms with Crippen molar-refractivity contribution in [3.8, 4) is 11.4 Å². The highest BCUT2D eigenvalue weighted by Crippen LogP contribution is 2.27. The molecule has 4 heteroatoms. The van der Waals surface area contributed by atoms with E-state index in [1.807, 2.05) is 6.92 Å². The fourth-order valence-electron chi connectivity index (χ4n) is 3.07. The standard InChI is InChI=1S/C18H23N3O/c1-3-19-18(22)16-15-7-5-4-6-12-21(15)17(20-16)14-10-8-13(2)9-11-14/h8-11H,3-7,12H2,1-2H3,(H,19,22). The normalized spacial score (nSPS) is 14.3. The van der Waals surface area contributed by atoms with Crippen molar-refractivity contribution in [3.05, 3.63) is 41.2 Å². The Labute approximate surface area is 131 Å². The Hall–Kier alpha value is -2.10. The minimum atomic E-state index is -0.0495. The number of hydrogen-bond acceptors (Lipinski definition) is 2. The third-order valence-corrected chi connectivity index (χ3v) is 4.23. The highest BCUT2D eigenvalue weighted by molar-refractivity contribution is 5.94. The van der Waals surface area contributed by atoms with E-state index in [0.717, 1.165) is 42.9 Å². The van der Waals surface area contributed by atoms with Crippen LogP contribution in [0.4, 0.5) is 0 Å². The predicted octanol–water partition coefficient (Wildman–Crippen LogP) is 3.33. The second-order valence-electron chi connectivity index (χ2n) is 5.92. The van der Waals surface area contributed by atoms with Crippen LogP contribution >= 0.6 is 0 Å². The Morgan fingerprint density at radius 2 is 2.00 bits per heavy atom. The SMILES string of the molecule is CCNC(=O)c1nc(-c2ccc(C)cc2)n2c1CCCCC2. The molecule has 1 aliphatic rings. The first-order valence-corrected chi connectivity index (χ1v) is 8.15. The zero-order valence-corrected chi connectivity index (χ0v) is 13.4. The molecule has 1 amide bonds. The summed E-state index contributed by atoms with van der Waals surface area (Å²) in [6.45, 7) is 5.60. The van der Waals surface area contributed by atoms with E-state index in [9.17, 15) is 4.79 Å². The van der Waals surface area contributed by atoms with Gasteiger partial charge in [-0.2, -0.15) is 0 Å². The number of hydrogen-bond donors (Lipinski definition) is 1. The molecule has 0 saturated heterocycles. The lowest BCUT2D eigenvalue weighted by Gasteiger charge is -2.09. The van der Waals surface area contributed by atoms with Gasteiger partial charge in [-0.05, 0) is 33.1 Å². The number of nitrogens with one attached hydrogen (secondary N) is 1. The molecule has 0 atom stereocenters. The van der Waals surface area contributed by atoms with Crippen LogP contribution in [-0.4, -0.2) is 22.0 Å². The lowest BCUT2D eigenvalue weighted by Crippen LogP contribution is -2.24. The van der Waals surface area contributed by atoms with Crippen LogP contribution in [0.25, 0.3) is 11.4 Å². The lowest BCUT2D eigenvalue weighted by molar-refractivity contribution is 0.0950. The van der Waals surface area contributed by atoms with Crippen LogP contribution in [0, 0.1) is 6.92 Å². The number of imidazole rings is 1. The quantitative estimate of drug-likeness (QED) is 0.944. The van der Waals surface area contributed by atoms with Crippen molar-refractivity contribution in [2.75, 3.05) is 6.54 Å². The van der Waals surface area contributed by atoms with E-state index in [0.29, 0.717) is 12.2 Å². The van der Waals surface area contributed by atoms with Crippen LogP contribution in [-0.2, 0) is 13.0 Å². The zero-order chi connectivity index (χ0) is 15.5. The molecular weight excluding hydrogens is 274 g/mol. The number of benzene rings is 1. The number of rotatable bonds is 3. The van der Waals surface area contributed by atoms with Gasteiger partial charge in [0.25, 0.3) is 5.91 Å². The maximum atomic E-state index is 12.3. The molecule has 0 fully saturated rings. The van der Waals surface area contributed by atoms with Crippen LogP contribution in [0.2, 0.25) is 0 Å². The molecule has 0 aliphatic carbocycles. The molecular formula is C18H23N3O. The summed E-state index contributed by atoms with van der Waals surface area (Å²) in [5, 5.41) is 2.89. The van der Waals surface area contributed by atoms with E-state index in [2.05, 4.69) is 41.1 Å². The monoisotopic (exact) mass is 297 g/mol. The van der Waals surface area contributed by atoms with Crippen molar-refractivity contribution in [1.29, 1.82) is 0 Å². The van der Waals surface area contributed by atoms with Gasteiger partial charge < -0.3 is 9.88 Å². The van der Waals surface area contributed by atoms with Crippen molar-refractivity contribution in [3.63, 3.8) is 0 Å². The van der Waals surface area contributed by atoms with Crippen LogP contribution in [0.1, 0.15) is 47.9 Å². The maximum Gasteiger partial charge on any atom is 0.271 e. The molecule has 22 heavy (non-hydrogen) atoms. The highest BCUT2D eigenvalue weighted by atomic mass is 16.1. The van der Waals surface area contributed by atoms with Crippen molar-refractivity contribution in [1.82, 2.24) is 14.9 Å².